The van der Waals surface area contributed by atoms with Crippen molar-refractivity contribution in [2.45, 2.75) is 52.4 Å². The van der Waals surface area contributed by atoms with Crippen molar-refractivity contribution in [3.8, 4) is 0 Å². The number of hydrogen-bond acceptors (Lipinski definition) is 3. The first-order chi connectivity index (χ1) is 9.92. The number of carbonyl (C=O) groups is 1. The Labute approximate surface area is 128 Å². The number of hydrogen-bond donors (Lipinski definition) is 2. The van der Waals surface area contributed by atoms with Crippen LogP contribution in [0.5, 0.6) is 0 Å². The highest BCUT2D eigenvalue weighted by Gasteiger charge is 2.32. The number of rotatable bonds is 9. The Morgan fingerprint density at radius 1 is 1.19 bits per heavy atom. The van der Waals surface area contributed by atoms with Gasteiger partial charge >= 0.3 is 5.97 Å². The van der Waals surface area contributed by atoms with Crippen LogP contribution in [0, 0.1) is 11.8 Å². The molecular formula is C14H28N2O4S. The van der Waals surface area contributed by atoms with Gasteiger partial charge in [-0.3, -0.25) is 4.79 Å². The number of carboxylic acids is 1. The summed E-state index contributed by atoms with van der Waals surface area (Å²) < 4.78 is 28.7. The van der Waals surface area contributed by atoms with E-state index in [1.165, 1.54) is 4.31 Å². The Bertz CT molecular complexity index is 419. The number of nitrogens with zero attached hydrogens (tertiary/aromatic N) is 1. The maximum absolute atomic E-state index is 12.3. The molecule has 1 aliphatic rings. The molecule has 7 heteroatoms. The average Bonchev–Trinajstić information content (AvgIpc) is 2.45. The van der Waals surface area contributed by atoms with E-state index in [0.717, 1.165) is 32.1 Å². The second-order valence-corrected chi connectivity index (χ2v) is 7.50. The summed E-state index contributed by atoms with van der Waals surface area (Å²) in [6.07, 6.45) is 4.85. The summed E-state index contributed by atoms with van der Waals surface area (Å²) in [5.41, 5.74) is 0. The van der Waals surface area contributed by atoms with E-state index in [0.29, 0.717) is 19.5 Å². The fourth-order valence-electron chi connectivity index (χ4n) is 2.93. The first-order valence-corrected chi connectivity index (χ1v) is 9.33. The van der Waals surface area contributed by atoms with Gasteiger partial charge in [-0.15, -0.1) is 0 Å². The molecule has 1 fully saturated rings. The van der Waals surface area contributed by atoms with E-state index in [-0.39, 0.29) is 12.5 Å². The van der Waals surface area contributed by atoms with E-state index in [1.807, 2.05) is 13.8 Å². The summed E-state index contributed by atoms with van der Waals surface area (Å²) >= 11 is 0. The van der Waals surface area contributed by atoms with Crippen LogP contribution in [-0.2, 0) is 15.0 Å². The molecule has 0 aromatic heterocycles. The lowest BCUT2D eigenvalue weighted by atomic mass is 9.79. The second kappa shape index (κ2) is 8.70. The first-order valence-electron chi connectivity index (χ1n) is 7.89. The molecule has 0 saturated heterocycles. The highest BCUT2D eigenvalue weighted by Crippen LogP contribution is 2.29. The lowest BCUT2D eigenvalue weighted by molar-refractivity contribution is -0.144. The molecule has 6 nitrogen and oxygen atoms in total. The quantitative estimate of drug-likeness (QED) is 0.678. The fraction of sp³-hybridized carbons (Fsp3) is 0.929. The third-order valence-electron chi connectivity index (χ3n) is 4.04. The molecule has 0 amide bonds. The molecule has 2 N–H and O–H groups in total. The Morgan fingerprint density at radius 2 is 1.76 bits per heavy atom. The van der Waals surface area contributed by atoms with Crippen LogP contribution in [0.3, 0.4) is 0 Å². The van der Waals surface area contributed by atoms with Gasteiger partial charge in [0, 0.05) is 19.6 Å². The molecule has 2 unspecified atom stereocenters. The van der Waals surface area contributed by atoms with Crippen molar-refractivity contribution in [2.24, 2.45) is 11.8 Å². The Hall–Kier alpha value is -0.660. The van der Waals surface area contributed by atoms with Crippen molar-refractivity contribution >= 4 is 16.2 Å². The van der Waals surface area contributed by atoms with Gasteiger partial charge in [-0.1, -0.05) is 26.7 Å². The standard InChI is InChI=1S/C14H28N2O4S/c1-3-9-16(10-4-2)21(19,20)15-11-12-7-5-6-8-13(12)14(17)18/h12-13,15H,3-11H2,1-2H3,(H,17,18). The van der Waals surface area contributed by atoms with E-state index in [4.69, 9.17) is 0 Å². The first kappa shape index (κ1) is 18.4. The van der Waals surface area contributed by atoms with Crippen LogP contribution in [0.25, 0.3) is 0 Å². The molecule has 0 aliphatic heterocycles. The number of carboxylic acid groups (broad SMARTS) is 1. The van der Waals surface area contributed by atoms with Crippen molar-refractivity contribution in [3.63, 3.8) is 0 Å². The summed E-state index contributed by atoms with van der Waals surface area (Å²) in [6, 6.07) is 0. The molecule has 0 aromatic rings. The summed E-state index contributed by atoms with van der Waals surface area (Å²) in [7, 11) is -3.50. The van der Waals surface area contributed by atoms with E-state index >= 15 is 0 Å². The van der Waals surface area contributed by atoms with Crippen molar-refractivity contribution in [1.82, 2.24) is 9.03 Å². The molecule has 1 rings (SSSR count). The zero-order chi connectivity index (χ0) is 15.9. The topological polar surface area (TPSA) is 86.7 Å². The minimum absolute atomic E-state index is 0.101. The van der Waals surface area contributed by atoms with Crippen molar-refractivity contribution in [3.05, 3.63) is 0 Å². The third kappa shape index (κ3) is 5.56. The third-order valence-corrected chi connectivity index (χ3v) is 5.62. The summed E-state index contributed by atoms with van der Waals surface area (Å²) in [5, 5.41) is 9.23. The fourth-order valence-corrected chi connectivity index (χ4v) is 4.38. The highest BCUT2D eigenvalue weighted by molar-refractivity contribution is 7.87. The van der Waals surface area contributed by atoms with Gasteiger partial charge in [-0.25, -0.2) is 4.72 Å². The van der Waals surface area contributed by atoms with Crippen LogP contribution in [0.4, 0.5) is 0 Å². The molecule has 21 heavy (non-hydrogen) atoms. The Kier molecular flexibility index (Phi) is 7.62. The molecule has 1 saturated carbocycles. The maximum atomic E-state index is 12.3. The zero-order valence-electron chi connectivity index (χ0n) is 13.0. The van der Waals surface area contributed by atoms with Crippen LogP contribution in [-0.4, -0.2) is 43.4 Å². The summed E-state index contributed by atoms with van der Waals surface area (Å²) in [5.74, 6) is -1.33. The SMILES string of the molecule is CCCN(CCC)S(=O)(=O)NCC1CCCCC1C(=O)O. The molecular weight excluding hydrogens is 292 g/mol. The molecule has 0 heterocycles. The number of aliphatic carboxylic acids is 1. The van der Waals surface area contributed by atoms with E-state index < -0.39 is 22.1 Å². The molecule has 1 aliphatic carbocycles. The van der Waals surface area contributed by atoms with Gasteiger partial charge in [0.15, 0.2) is 0 Å². The van der Waals surface area contributed by atoms with Gasteiger partial charge in [0.2, 0.25) is 0 Å². The smallest absolute Gasteiger partial charge is 0.306 e. The molecule has 0 bridgehead atoms. The van der Waals surface area contributed by atoms with Crippen molar-refractivity contribution in [2.75, 3.05) is 19.6 Å². The Balaban J connectivity index is 2.63. The van der Waals surface area contributed by atoms with Crippen molar-refractivity contribution in [1.29, 1.82) is 0 Å². The average molecular weight is 320 g/mol. The molecule has 0 spiro atoms. The molecule has 2 atom stereocenters. The van der Waals surface area contributed by atoms with Gasteiger partial charge in [-0.2, -0.15) is 12.7 Å². The second-order valence-electron chi connectivity index (χ2n) is 5.74. The monoisotopic (exact) mass is 320 g/mol. The van der Waals surface area contributed by atoms with Crippen LogP contribution in [0.1, 0.15) is 52.4 Å². The molecule has 124 valence electrons. The predicted octanol–water partition coefficient (Wildman–Crippen LogP) is 1.83. The lowest BCUT2D eigenvalue weighted by Crippen LogP contribution is -2.45. The highest BCUT2D eigenvalue weighted by atomic mass is 32.2. The minimum Gasteiger partial charge on any atom is -0.481 e. The molecule has 0 aromatic carbocycles. The van der Waals surface area contributed by atoms with Gasteiger partial charge in [0.25, 0.3) is 10.2 Å². The summed E-state index contributed by atoms with van der Waals surface area (Å²) in [6.45, 7) is 5.11. The van der Waals surface area contributed by atoms with E-state index in [2.05, 4.69) is 4.72 Å². The minimum atomic E-state index is -3.50. The van der Waals surface area contributed by atoms with Gasteiger partial charge in [0.05, 0.1) is 5.92 Å². The van der Waals surface area contributed by atoms with Crippen LogP contribution in [0.2, 0.25) is 0 Å². The predicted molar refractivity (Wildman–Crippen MR) is 82.2 cm³/mol. The normalized spacial score (nSPS) is 23.4. The van der Waals surface area contributed by atoms with Gasteiger partial charge < -0.3 is 5.11 Å². The maximum Gasteiger partial charge on any atom is 0.306 e. The summed E-state index contributed by atoms with van der Waals surface area (Å²) in [4.78, 5) is 11.2. The van der Waals surface area contributed by atoms with Crippen LogP contribution < -0.4 is 4.72 Å². The van der Waals surface area contributed by atoms with Crippen LogP contribution in [0.15, 0.2) is 0 Å². The molecule has 0 radical (unpaired) electrons. The van der Waals surface area contributed by atoms with Gasteiger partial charge in [0.1, 0.15) is 0 Å². The lowest BCUT2D eigenvalue weighted by Gasteiger charge is -2.29. The Morgan fingerprint density at radius 3 is 2.29 bits per heavy atom. The van der Waals surface area contributed by atoms with Crippen molar-refractivity contribution < 1.29 is 18.3 Å². The van der Waals surface area contributed by atoms with Crippen LogP contribution >= 0.6 is 0 Å². The zero-order valence-corrected chi connectivity index (χ0v) is 13.9. The van der Waals surface area contributed by atoms with Gasteiger partial charge in [-0.05, 0) is 31.6 Å². The largest absolute Gasteiger partial charge is 0.481 e. The van der Waals surface area contributed by atoms with E-state index in [9.17, 15) is 18.3 Å². The van der Waals surface area contributed by atoms with E-state index in [1.54, 1.807) is 0 Å². The number of nitrogens with one attached hydrogen (secondary N) is 1.